The largest absolute Gasteiger partial charge is 0.380 e. The summed E-state index contributed by atoms with van der Waals surface area (Å²) in [5, 5.41) is 3.06. The second-order valence-electron chi connectivity index (χ2n) is 3.83. The second kappa shape index (κ2) is 9.28. The highest BCUT2D eigenvalue weighted by Gasteiger charge is 2.13. The molecule has 0 saturated carbocycles. The number of hydrogen-bond acceptors (Lipinski definition) is 4. The van der Waals surface area contributed by atoms with Crippen molar-refractivity contribution in [2.45, 2.75) is 18.4 Å². The number of benzene rings is 1. The molecule has 5 nitrogen and oxygen atoms in total. The van der Waals surface area contributed by atoms with Crippen molar-refractivity contribution in [1.82, 2.24) is 10.0 Å². The molecule has 0 aliphatic heterocycles. The quantitative estimate of drug-likeness (QED) is 0.707. The SMILES string of the molecule is CCNCCNS(=O)(=O)c1cccc(COC)c1.Cl. The Morgan fingerprint density at radius 1 is 1.26 bits per heavy atom. The number of methoxy groups -OCH3 is 1. The average molecular weight is 309 g/mol. The summed E-state index contributed by atoms with van der Waals surface area (Å²) in [6.07, 6.45) is 0. The van der Waals surface area contributed by atoms with E-state index in [-0.39, 0.29) is 17.3 Å². The van der Waals surface area contributed by atoms with Gasteiger partial charge in [0, 0.05) is 20.2 Å². The zero-order chi connectivity index (χ0) is 13.4. The molecular weight excluding hydrogens is 288 g/mol. The molecule has 0 spiro atoms. The molecule has 1 aromatic rings. The maximum atomic E-state index is 12.0. The van der Waals surface area contributed by atoms with E-state index in [4.69, 9.17) is 4.74 Å². The van der Waals surface area contributed by atoms with E-state index < -0.39 is 10.0 Å². The molecular formula is C12H21ClN2O3S. The smallest absolute Gasteiger partial charge is 0.240 e. The molecule has 19 heavy (non-hydrogen) atoms. The molecule has 0 aliphatic carbocycles. The van der Waals surface area contributed by atoms with Crippen molar-refractivity contribution in [3.05, 3.63) is 29.8 Å². The van der Waals surface area contributed by atoms with E-state index in [2.05, 4.69) is 10.0 Å². The van der Waals surface area contributed by atoms with Crippen LogP contribution in [0.15, 0.2) is 29.2 Å². The van der Waals surface area contributed by atoms with Gasteiger partial charge in [-0.15, -0.1) is 12.4 Å². The van der Waals surface area contributed by atoms with Gasteiger partial charge in [0.05, 0.1) is 11.5 Å². The fraction of sp³-hybridized carbons (Fsp3) is 0.500. The number of nitrogens with one attached hydrogen (secondary N) is 2. The summed E-state index contributed by atoms with van der Waals surface area (Å²) in [4.78, 5) is 0.272. The normalized spacial score (nSPS) is 11.1. The number of hydrogen-bond donors (Lipinski definition) is 2. The van der Waals surface area contributed by atoms with E-state index in [1.807, 2.05) is 13.0 Å². The summed E-state index contributed by atoms with van der Waals surface area (Å²) in [6, 6.07) is 6.75. The summed E-state index contributed by atoms with van der Waals surface area (Å²) in [5.41, 5.74) is 0.840. The third-order valence-electron chi connectivity index (χ3n) is 2.36. The molecule has 0 bridgehead atoms. The monoisotopic (exact) mass is 308 g/mol. The predicted molar refractivity (Wildman–Crippen MR) is 78.1 cm³/mol. The molecule has 2 N–H and O–H groups in total. The van der Waals surface area contributed by atoms with Gasteiger partial charge in [-0.25, -0.2) is 13.1 Å². The third kappa shape index (κ3) is 6.35. The molecule has 0 heterocycles. The van der Waals surface area contributed by atoms with Crippen LogP contribution in [-0.4, -0.2) is 35.2 Å². The summed E-state index contributed by atoms with van der Waals surface area (Å²) >= 11 is 0. The molecule has 0 aromatic heterocycles. The van der Waals surface area contributed by atoms with Gasteiger partial charge in [-0.3, -0.25) is 0 Å². The van der Waals surface area contributed by atoms with Crippen molar-refractivity contribution in [3.8, 4) is 0 Å². The highest BCUT2D eigenvalue weighted by Crippen LogP contribution is 2.11. The number of likely N-dealkylation sites (N-methyl/N-ethyl adjacent to an activating group) is 1. The molecule has 110 valence electrons. The summed E-state index contributed by atoms with van der Waals surface area (Å²) in [5.74, 6) is 0. The van der Waals surface area contributed by atoms with Crippen molar-refractivity contribution in [2.75, 3.05) is 26.7 Å². The highest BCUT2D eigenvalue weighted by molar-refractivity contribution is 7.89. The molecule has 1 rings (SSSR count). The van der Waals surface area contributed by atoms with Crippen molar-refractivity contribution in [3.63, 3.8) is 0 Å². The van der Waals surface area contributed by atoms with Gasteiger partial charge in [0.1, 0.15) is 0 Å². The number of rotatable bonds is 8. The lowest BCUT2D eigenvalue weighted by Gasteiger charge is -2.08. The Hall–Kier alpha value is -0.660. The van der Waals surface area contributed by atoms with Crippen molar-refractivity contribution < 1.29 is 13.2 Å². The van der Waals surface area contributed by atoms with Crippen molar-refractivity contribution in [2.24, 2.45) is 0 Å². The van der Waals surface area contributed by atoms with Crippen LogP contribution >= 0.6 is 12.4 Å². The maximum Gasteiger partial charge on any atom is 0.240 e. The molecule has 0 fully saturated rings. The Bertz CT molecular complexity index is 466. The van der Waals surface area contributed by atoms with Gasteiger partial charge in [-0.1, -0.05) is 19.1 Å². The zero-order valence-corrected chi connectivity index (χ0v) is 12.8. The minimum Gasteiger partial charge on any atom is -0.380 e. The van der Waals surface area contributed by atoms with Crippen LogP contribution in [0.3, 0.4) is 0 Å². The van der Waals surface area contributed by atoms with E-state index in [9.17, 15) is 8.42 Å². The molecule has 0 unspecified atom stereocenters. The minimum absolute atomic E-state index is 0. The predicted octanol–water partition coefficient (Wildman–Crippen LogP) is 1.14. The Labute approximate surface area is 121 Å². The highest BCUT2D eigenvalue weighted by atomic mass is 35.5. The molecule has 7 heteroatoms. The van der Waals surface area contributed by atoms with E-state index >= 15 is 0 Å². The summed E-state index contributed by atoms with van der Waals surface area (Å²) in [6.45, 7) is 4.20. The standard InChI is InChI=1S/C12H20N2O3S.ClH/c1-3-13-7-8-14-18(15,16)12-6-4-5-11(9-12)10-17-2;/h4-6,9,13-14H,3,7-8,10H2,1-2H3;1H. The van der Waals surface area contributed by atoms with Gasteiger partial charge in [-0.2, -0.15) is 0 Å². The van der Waals surface area contributed by atoms with E-state index in [1.54, 1.807) is 25.3 Å². The molecule has 1 aromatic carbocycles. The van der Waals surface area contributed by atoms with Crippen LogP contribution in [0.1, 0.15) is 12.5 Å². The minimum atomic E-state index is -3.43. The van der Waals surface area contributed by atoms with Gasteiger partial charge in [0.15, 0.2) is 0 Å². The van der Waals surface area contributed by atoms with Crippen LogP contribution in [0, 0.1) is 0 Å². The zero-order valence-electron chi connectivity index (χ0n) is 11.2. The first-order valence-corrected chi connectivity index (χ1v) is 7.36. The fourth-order valence-corrected chi connectivity index (χ4v) is 2.60. The van der Waals surface area contributed by atoms with E-state index in [1.165, 1.54) is 0 Å². The van der Waals surface area contributed by atoms with Crippen LogP contribution < -0.4 is 10.0 Å². The first-order valence-electron chi connectivity index (χ1n) is 5.88. The van der Waals surface area contributed by atoms with Gasteiger partial charge >= 0.3 is 0 Å². The van der Waals surface area contributed by atoms with Crippen LogP contribution in [0.2, 0.25) is 0 Å². The van der Waals surface area contributed by atoms with Crippen LogP contribution in [-0.2, 0) is 21.4 Å². The van der Waals surface area contributed by atoms with Crippen LogP contribution in [0.25, 0.3) is 0 Å². The second-order valence-corrected chi connectivity index (χ2v) is 5.60. The van der Waals surface area contributed by atoms with Gasteiger partial charge in [0.25, 0.3) is 0 Å². The molecule has 0 atom stereocenters. The van der Waals surface area contributed by atoms with E-state index in [0.29, 0.717) is 19.7 Å². The molecule has 0 radical (unpaired) electrons. The first-order chi connectivity index (χ1) is 8.60. The molecule has 0 amide bonds. The number of ether oxygens (including phenoxy) is 1. The summed E-state index contributed by atoms with van der Waals surface area (Å²) in [7, 11) is -1.85. The molecule has 0 saturated heterocycles. The number of halogens is 1. The first kappa shape index (κ1) is 18.3. The van der Waals surface area contributed by atoms with Crippen molar-refractivity contribution >= 4 is 22.4 Å². The maximum absolute atomic E-state index is 12.0. The Balaban J connectivity index is 0.00000324. The third-order valence-corrected chi connectivity index (χ3v) is 3.82. The summed E-state index contributed by atoms with van der Waals surface area (Å²) < 4.78 is 31.5. The molecule has 0 aliphatic rings. The van der Waals surface area contributed by atoms with Gasteiger partial charge < -0.3 is 10.1 Å². The van der Waals surface area contributed by atoms with E-state index in [0.717, 1.165) is 12.1 Å². The van der Waals surface area contributed by atoms with Crippen LogP contribution in [0.5, 0.6) is 0 Å². The Kier molecular flexibility index (Phi) is 8.95. The lowest BCUT2D eigenvalue weighted by molar-refractivity contribution is 0.184. The Morgan fingerprint density at radius 3 is 2.63 bits per heavy atom. The Morgan fingerprint density at radius 2 is 2.00 bits per heavy atom. The van der Waals surface area contributed by atoms with Crippen LogP contribution in [0.4, 0.5) is 0 Å². The van der Waals surface area contributed by atoms with Gasteiger partial charge in [0.2, 0.25) is 10.0 Å². The van der Waals surface area contributed by atoms with Gasteiger partial charge in [-0.05, 0) is 24.2 Å². The lowest BCUT2D eigenvalue weighted by Crippen LogP contribution is -2.31. The number of sulfonamides is 1. The average Bonchev–Trinajstić information content (AvgIpc) is 2.36. The fourth-order valence-electron chi connectivity index (χ4n) is 1.50. The lowest BCUT2D eigenvalue weighted by atomic mass is 10.2. The topological polar surface area (TPSA) is 67.4 Å². The van der Waals surface area contributed by atoms with Crippen molar-refractivity contribution in [1.29, 1.82) is 0 Å².